The third-order valence-electron chi connectivity index (χ3n) is 1.97. The average Bonchev–Trinajstić information content (AvgIpc) is 2.16. The van der Waals surface area contributed by atoms with Gasteiger partial charge in [-0.3, -0.25) is 0 Å². The predicted octanol–water partition coefficient (Wildman–Crippen LogP) is 3.02. The molecular weight excluding hydrogens is 170 g/mol. The molecule has 0 fully saturated rings. The predicted molar refractivity (Wildman–Crippen MR) is 51.1 cm³/mol. The van der Waals surface area contributed by atoms with E-state index in [-0.39, 0.29) is 0 Å². The molecule has 0 aliphatic heterocycles. The quantitative estimate of drug-likeness (QED) is 0.242. The summed E-state index contributed by atoms with van der Waals surface area (Å²) in [5.74, 6) is 0. The Kier molecular flexibility index (Phi) is 8.98. The Balaban J connectivity index is 3.22. The van der Waals surface area contributed by atoms with E-state index in [1.54, 1.807) is 0 Å². The Morgan fingerprint density at radius 3 is 2.46 bits per heavy atom. The molecule has 0 amide bonds. The van der Waals surface area contributed by atoms with Gasteiger partial charge >= 0.3 is 0 Å². The summed E-state index contributed by atoms with van der Waals surface area (Å²) in [6.07, 6.45) is 6.21. The number of rotatable bonds is 9. The molecule has 0 saturated heterocycles. The van der Waals surface area contributed by atoms with E-state index in [2.05, 4.69) is 17.1 Å². The van der Waals surface area contributed by atoms with Crippen molar-refractivity contribution in [3.63, 3.8) is 0 Å². The van der Waals surface area contributed by atoms with E-state index in [1.165, 1.54) is 26.4 Å². The Hall–Kier alpha value is -0.640. The van der Waals surface area contributed by atoms with Crippen LogP contribution in [0.2, 0.25) is 0 Å². The highest BCUT2D eigenvalue weighted by Crippen LogP contribution is 2.09. The molecule has 1 unspecified atom stereocenters. The standard InChI is InChI=1S/C9H19NO3/c1-3-4-5-6-7-8-9(12-2)13-10-11/h9H,3-8H2,1-2H3. The fraction of sp³-hybridized carbons (Fsp3) is 1.00. The van der Waals surface area contributed by atoms with E-state index >= 15 is 0 Å². The van der Waals surface area contributed by atoms with Gasteiger partial charge in [-0.25, -0.2) is 0 Å². The van der Waals surface area contributed by atoms with Gasteiger partial charge in [-0.2, -0.15) is 0 Å². The first-order chi connectivity index (χ1) is 6.35. The highest BCUT2D eigenvalue weighted by molar-refractivity contribution is 4.47. The lowest BCUT2D eigenvalue weighted by atomic mass is 10.1. The molecule has 0 N–H and O–H groups in total. The lowest BCUT2D eigenvalue weighted by Crippen LogP contribution is -2.11. The summed E-state index contributed by atoms with van der Waals surface area (Å²) < 4.78 is 4.88. The molecule has 0 aromatic heterocycles. The zero-order valence-electron chi connectivity index (χ0n) is 8.49. The smallest absolute Gasteiger partial charge is 0.229 e. The third kappa shape index (κ3) is 7.71. The molecule has 78 valence electrons. The summed E-state index contributed by atoms with van der Waals surface area (Å²) in [6.45, 7) is 2.18. The molecule has 0 radical (unpaired) electrons. The van der Waals surface area contributed by atoms with Gasteiger partial charge in [0.25, 0.3) is 0 Å². The average molecular weight is 189 g/mol. The summed E-state index contributed by atoms with van der Waals surface area (Å²) in [4.78, 5) is 14.2. The van der Waals surface area contributed by atoms with Crippen LogP contribution in [0.4, 0.5) is 0 Å². The lowest BCUT2D eigenvalue weighted by Gasteiger charge is -2.09. The number of hydrogen-bond acceptors (Lipinski definition) is 4. The van der Waals surface area contributed by atoms with Crippen LogP contribution in [-0.4, -0.2) is 13.4 Å². The Bertz CT molecular complexity index is 119. The van der Waals surface area contributed by atoms with Crippen molar-refractivity contribution in [2.45, 2.75) is 51.7 Å². The van der Waals surface area contributed by atoms with Gasteiger partial charge in [0, 0.05) is 13.5 Å². The highest BCUT2D eigenvalue weighted by atomic mass is 16.8. The van der Waals surface area contributed by atoms with Crippen LogP contribution in [0.5, 0.6) is 0 Å². The molecule has 0 rings (SSSR count). The van der Waals surface area contributed by atoms with Gasteiger partial charge in [0.1, 0.15) is 0 Å². The molecule has 4 nitrogen and oxygen atoms in total. The highest BCUT2D eigenvalue weighted by Gasteiger charge is 2.07. The zero-order chi connectivity index (χ0) is 9.94. The van der Waals surface area contributed by atoms with Gasteiger partial charge < -0.3 is 9.57 Å². The first-order valence-electron chi connectivity index (χ1n) is 4.86. The number of unbranched alkanes of at least 4 members (excludes halogenated alkanes) is 4. The summed E-state index contributed by atoms with van der Waals surface area (Å²) in [5, 5.41) is 2.35. The molecule has 0 aromatic rings. The molecule has 0 spiro atoms. The van der Waals surface area contributed by atoms with Gasteiger partial charge in [0.15, 0.2) is 5.34 Å². The van der Waals surface area contributed by atoms with E-state index in [4.69, 9.17) is 4.74 Å². The minimum atomic E-state index is -0.459. The first-order valence-corrected chi connectivity index (χ1v) is 4.86. The maximum Gasteiger partial charge on any atom is 0.229 e. The number of hydrogen-bond donors (Lipinski definition) is 0. The van der Waals surface area contributed by atoms with E-state index in [9.17, 15) is 4.91 Å². The maximum absolute atomic E-state index is 9.76. The Morgan fingerprint density at radius 2 is 1.92 bits per heavy atom. The van der Waals surface area contributed by atoms with E-state index in [1.807, 2.05) is 0 Å². The van der Waals surface area contributed by atoms with Crippen LogP contribution in [0.1, 0.15) is 45.4 Å². The van der Waals surface area contributed by atoms with E-state index in [0.717, 1.165) is 19.3 Å². The first kappa shape index (κ1) is 12.4. The topological polar surface area (TPSA) is 47.9 Å². The second kappa shape index (κ2) is 9.45. The number of ether oxygens (including phenoxy) is 1. The third-order valence-corrected chi connectivity index (χ3v) is 1.97. The normalized spacial score (nSPS) is 12.5. The van der Waals surface area contributed by atoms with E-state index < -0.39 is 6.29 Å². The van der Waals surface area contributed by atoms with Crippen molar-refractivity contribution in [3.8, 4) is 0 Å². The van der Waals surface area contributed by atoms with Crippen LogP contribution in [0.15, 0.2) is 5.34 Å². The van der Waals surface area contributed by atoms with Crippen molar-refractivity contribution in [1.82, 2.24) is 0 Å². The maximum atomic E-state index is 9.76. The molecule has 1 atom stereocenters. The van der Waals surface area contributed by atoms with Crippen LogP contribution in [0.25, 0.3) is 0 Å². The Morgan fingerprint density at radius 1 is 1.23 bits per heavy atom. The monoisotopic (exact) mass is 189 g/mol. The summed E-state index contributed by atoms with van der Waals surface area (Å²) >= 11 is 0. The van der Waals surface area contributed by atoms with Crippen molar-refractivity contribution < 1.29 is 9.57 Å². The lowest BCUT2D eigenvalue weighted by molar-refractivity contribution is -0.129. The number of nitrogens with zero attached hydrogens (tertiary/aromatic N) is 1. The fourth-order valence-electron chi connectivity index (χ4n) is 1.18. The second-order valence-corrected chi connectivity index (χ2v) is 3.05. The SMILES string of the molecule is CCCCCCCC(OC)ON=O. The zero-order valence-corrected chi connectivity index (χ0v) is 8.49. The van der Waals surface area contributed by atoms with Crippen LogP contribution in [0, 0.1) is 4.91 Å². The van der Waals surface area contributed by atoms with Crippen molar-refractivity contribution in [3.05, 3.63) is 4.91 Å². The van der Waals surface area contributed by atoms with Gasteiger partial charge in [-0.05, 0) is 6.42 Å². The van der Waals surface area contributed by atoms with Crippen LogP contribution in [0.3, 0.4) is 0 Å². The molecule has 0 bridgehead atoms. The molecule has 4 heteroatoms. The van der Waals surface area contributed by atoms with Crippen molar-refractivity contribution in [2.75, 3.05) is 7.11 Å². The van der Waals surface area contributed by atoms with Gasteiger partial charge in [0.05, 0.1) is 0 Å². The minimum absolute atomic E-state index is 0.459. The molecule has 0 aromatic carbocycles. The largest absolute Gasteiger partial charge is 0.344 e. The van der Waals surface area contributed by atoms with Crippen LogP contribution >= 0.6 is 0 Å². The van der Waals surface area contributed by atoms with Crippen molar-refractivity contribution >= 4 is 0 Å². The summed E-state index contributed by atoms with van der Waals surface area (Å²) in [7, 11) is 1.52. The molecule has 0 saturated carbocycles. The fourth-order valence-corrected chi connectivity index (χ4v) is 1.18. The summed E-state index contributed by atoms with van der Waals surface area (Å²) in [6, 6.07) is 0. The van der Waals surface area contributed by atoms with E-state index in [0.29, 0.717) is 0 Å². The molecule has 0 heterocycles. The van der Waals surface area contributed by atoms with Crippen LogP contribution < -0.4 is 0 Å². The number of methoxy groups -OCH3 is 1. The van der Waals surface area contributed by atoms with Crippen LogP contribution in [-0.2, 0) is 9.57 Å². The van der Waals surface area contributed by atoms with Crippen molar-refractivity contribution in [1.29, 1.82) is 0 Å². The van der Waals surface area contributed by atoms with Gasteiger partial charge in [0.2, 0.25) is 6.29 Å². The summed E-state index contributed by atoms with van der Waals surface area (Å²) in [5.41, 5.74) is 0. The second-order valence-electron chi connectivity index (χ2n) is 3.05. The molecule has 13 heavy (non-hydrogen) atoms. The molecular formula is C9H19NO3. The van der Waals surface area contributed by atoms with Gasteiger partial charge in [-0.1, -0.05) is 32.6 Å². The Labute approximate surface area is 79.5 Å². The molecule has 0 aliphatic rings. The minimum Gasteiger partial charge on any atom is -0.344 e. The molecule has 0 aliphatic carbocycles. The van der Waals surface area contributed by atoms with Gasteiger partial charge in [-0.15, -0.1) is 4.91 Å². The van der Waals surface area contributed by atoms with Crippen molar-refractivity contribution in [2.24, 2.45) is 5.34 Å².